The lowest BCUT2D eigenvalue weighted by Gasteiger charge is -2.34. The summed E-state index contributed by atoms with van der Waals surface area (Å²) in [7, 11) is -3.51. The minimum Gasteiger partial charge on any atom is -0.491 e. The molecule has 3 rings (SSSR count). The number of hydrogen-bond donors (Lipinski definition) is 1. The molecule has 8 heteroatoms. The first-order chi connectivity index (χ1) is 14.8. The Morgan fingerprint density at radius 1 is 1.23 bits per heavy atom. The first-order valence-electron chi connectivity index (χ1n) is 10.6. The van der Waals surface area contributed by atoms with Gasteiger partial charge < -0.3 is 14.8 Å². The average molecular weight is 447 g/mol. The monoisotopic (exact) mass is 446 g/mol. The summed E-state index contributed by atoms with van der Waals surface area (Å²) in [6.07, 6.45) is 0.766. The zero-order chi connectivity index (χ0) is 22.4. The normalized spacial score (nSPS) is 15.9. The highest BCUT2D eigenvalue weighted by molar-refractivity contribution is 7.92. The van der Waals surface area contributed by atoms with Crippen LogP contribution in [0.15, 0.2) is 48.5 Å². The molecule has 2 aromatic rings. The summed E-state index contributed by atoms with van der Waals surface area (Å²) in [5, 5.41) is 2.87. The molecule has 168 valence electrons. The number of para-hydroxylation sites is 2. The maximum atomic E-state index is 12.7. The van der Waals surface area contributed by atoms with E-state index in [1.165, 1.54) is 4.31 Å². The molecule has 1 aliphatic heterocycles. The second-order valence-corrected chi connectivity index (χ2v) is 9.90. The molecular weight excluding hydrogens is 416 g/mol. The van der Waals surface area contributed by atoms with Crippen molar-refractivity contribution >= 4 is 21.6 Å². The van der Waals surface area contributed by atoms with Crippen molar-refractivity contribution in [1.29, 1.82) is 0 Å². The Morgan fingerprint density at radius 2 is 2.00 bits per heavy atom. The Morgan fingerprint density at radius 3 is 2.74 bits per heavy atom. The predicted molar refractivity (Wildman–Crippen MR) is 121 cm³/mol. The maximum absolute atomic E-state index is 12.7. The lowest BCUT2D eigenvalue weighted by atomic mass is 10.1. The molecule has 0 fully saturated rings. The number of amides is 1. The van der Waals surface area contributed by atoms with E-state index in [1.54, 1.807) is 31.2 Å². The molecule has 1 heterocycles. The predicted octanol–water partition coefficient (Wildman–Crippen LogP) is 3.14. The van der Waals surface area contributed by atoms with Crippen LogP contribution in [0.2, 0.25) is 0 Å². The number of sulfonamides is 1. The quantitative estimate of drug-likeness (QED) is 0.598. The van der Waals surface area contributed by atoms with Crippen molar-refractivity contribution in [3.8, 4) is 11.5 Å². The van der Waals surface area contributed by atoms with Gasteiger partial charge in [0.25, 0.3) is 5.91 Å². The summed E-state index contributed by atoms with van der Waals surface area (Å²) >= 11 is 0. The van der Waals surface area contributed by atoms with Crippen molar-refractivity contribution in [2.24, 2.45) is 0 Å². The van der Waals surface area contributed by atoms with Crippen LogP contribution in [-0.4, -0.2) is 45.4 Å². The van der Waals surface area contributed by atoms with Crippen molar-refractivity contribution in [1.82, 2.24) is 5.32 Å². The molecule has 1 amide bonds. The molecule has 1 atom stereocenters. The van der Waals surface area contributed by atoms with Gasteiger partial charge in [0.05, 0.1) is 24.1 Å². The molecule has 0 aromatic heterocycles. The zero-order valence-electron chi connectivity index (χ0n) is 18.2. The molecule has 0 aliphatic carbocycles. The average Bonchev–Trinajstić information content (AvgIpc) is 2.75. The van der Waals surface area contributed by atoms with Crippen molar-refractivity contribution in [3.63, 3.8) is 0 Å². The summed E-state index contributed by atoms with van der Waals surface area (Å²) in [6.45, 7) is 6.00. The maximum Gasteiger partial charge on any atom is 0.263 e. The van der Waals surface area contributed by atoms with Gasteiger partial charge in [0, 0.05) is 6.54 Å². The number of aryl methyl sites for hydroxylation is 1. The number of benzene rings is 2. The van der Waals surface area contributed by atoms with Gasteiger partial charge in [-0.25, -0.2) is 8.42 Å². The van der Waals surface area contributed by atoms with Gasteiger partial charge in [-0.15, -0.1) is 0 Å². The van der Waals surface area contributed by atoms with Gasteiger partial charge in [0.15, 0.2) is 6.10 Å². The fraction of sp³-hybridized carbons (Fsp3) is 0.435. The Hall–Kier alpha value is -2.74. The van der Waals surface area contributed by atoms with Crippen LogP contribution in [0.4, 0.5) is 5.69 Å². The molecule has 0 bridgehead atoms. The number of carbonyl (C=O) groups excluding carboxylic acids is 1. The van der Waals surface area contributed by atoms with E-state index in [2.05, 4.69) is 5.32 Å². The summed E-state index contributed by atoms with van der Waals surface area (Å²) in [6, 6.07) is 14.8. The number of fused-ring (bicyclic) bond motifs is 1. The van der Waals surface area contributed by atoms with Gasteiger partial charge >= 0.3 is 0 Å². The lowest BCUT2D eigenvalue weighted by molar-refractivity contribution is -0.127. The van der Waals surface area contributed by atoms with Crippen LogP contribution in [0.25, 0.3) is 0 Å². The molecule has 1 N–H and O–H groups in total. The van der Waals surface area contributed by atoms with Gasteiger partial charge in [-0.1, -0.05) is 24.3 Å². The van der Waals surface area contributed by atoms with E-state index in [-0.39, 0.29) is 24.3 Å². The Bertz CT molecular complexity index is 1010. The van der Waals surface area contributed by atoms with E-state index in [0.29, 0.717) is 18.0 Å². The van der Waals surface area contributed by atoms with Crippen molar-refractivity contribution in [2.75, 3.05) is 23.1 Å². The van der Waals surface area contributed by atoms with E-state index in [0.717, 1.165) is 24.2 Å². The Labute approximate surface area is 184 Å². The van der Waals surface area contributed by atoms with E-state index >= 15 is 0 Å². The first kappa shape index (κ1) is 22.9. The fourth-order valence-corrected chi connectivity index (χ4v) is 4.55. The zero-order valence-corrected chi connectivity index (χ0v) is 19.0. The minimum absolute atomic E-state index is 0.0341. The smallest absolute Gasteiger partial charge is 0.263 e. The highest BCUT2D eigenvalue weighted by atomic mass is 32.2. The van der Waals surface area contributed by atoms with Gasteiger partial charge in [-0.3, -0.25) is 9.10 Å². The first-order valence-corrected chi connectivity index (χ1v) is 12.2. The van der Waals surface area contributed by atoms with Gasteiger partial charge in [-0.2, -0.15) is 0 Å². The molecule has 2 aromatic carbocycles. The van der Waals surface area contributed by atoms with Crippen LogP contribution in [0.3, 0.4) is 0 Å². The van der Waals surface area contributed by atoms with Crippen LogP contribution >= 0.6 is 0 Å². The summed E-state index contributed by atoms with van der Waals surface area (Å²) in [4.78, 5) is 12.7. The number of carbonyl (C=O) groups is 1. The van der Waals surface area contributed by atoms with Crippen LogP contribution in [0.5, 0.6) is 11.5 Å². The van der Waals surface area contributed by atoms with E-state index < -0.39 is 16.1 Å². The molecule has 31 heavy (non-hydrogen) atoms. The third-order valence-corrected chi connectivity index (χ3v) is 6.69. The molecule has 0 spiro atoms. The van der Waals surface area contributed by atoms with E-state index in [4.69, 9.17) is 9.47 Å². The highest BCUT2D eigenvalue weighted by Crippen LogP contribution is 2.35. The fourth-order valence-electron chi connectivity index (χ4n) is 3.42. The molecular formula is C23H30N2O5S. The standard InChI is InChI=1S/C23H30N2O5S/c1-4-31(27,28)25-16-22(30-21-13-6-5-12-20(21)25)23(26)24-14-8-10-18-9-7-11-19(15-18)29-17(2)3/h5-7,9,11-13,15,17,22H,4,8,10,14,16H2,1-3H3,(H,24,26)/t22-/m0/s1. The summed E-state index contributed by atoms with van der Waals surface area (Å²) in [5.41, 5.74) is 1.60. The second kappa shape index (κ2) is 10.0. The minimum atomic E-state index is -3.51. The van der Waals surface area contributed by atoms with Crippen LogP contribution in [-0.2, 0) is 21.2 Å². The van der Waals surface area contributed by atoms with Gasteiger partial charge in [0.1, 0.15) is 11.5 Å². The molecule has 0 unspecified atom stereocenters. The van der Waals surface area contributed by atoms with E-state index in [9.17, 15) is 13.2 Å². The SMILES string of the molecule is CCS(=O)(=O)N1C[C@@H](C(=O)NCCCc2cccc(OC(C)C)c2)Oc2ccccc21. The molecule has 0 saturated carbocycles. The largest absolute Gasteiger partial charge is 0.491 e. The molecule has 0 saturated heterocycles. The number of rotatable bonds is 9. The van der Waals surface area contributed by atoms with Crippen LogP contribution in [0, 0.1) is 0 Å². The number of hydrogen-bond acceptors (Lipinski definition) is 5. The molecule has 1 aliphatic rings. The topological polar surface area (TPSA) is 84.9 Å². The number of ether oxygens (including phenoxy) is 2. The highest BCUT2D eigenvalue weighted by Gasteiger charge is 2.35. The Balaban J connectivity index is 1.56. The third-order valence-electron chi connectivity index (χ3n) is 4.94. The summed E-state index contributed by atoms with van der Waals surface area (Å²) < 4.78 is 37.8. The van der Waals surface area contributed by atoms with E-state index in [1.807, 2.05) is 38.1 Å². The van der Waals surface area contributed by atoms with Gasteiger partial charge in [-0.05, 0) is 63.4 Å². The van der Waals surface area contributed by atoms with Crippen LogP contribution < -0.4 is 19.1 Å². The molecule has 7 nitrogen and oxygen atoms in total. The number of nitrogens with zero attached hydrogens (tertiary/aromatic N) is 1. The van der Waals surface area contributed by atoms with Crippen LogP contribution in [0.1, 0.15) is 32.8 Å². The second-order valence-electron chi connectivity index (χ2n) is 7.71. The lowest BCUT2D eigenvalue weighted by Crippen LogP contribution is -2.51. The molecule has 0 radical (unpaired) electrons. The Kier molecular flexibility index (Phi) is 7.43. The van der Waals surface area contributed by atoms with Crippen molar-refractivity contribution < 1.29 is 22.7 Å². The summed E-state index contributed by atoms with van der Waals surface area (Å²) in [5.74, 6) is 0.869. The third kappa shape index (κ3) is 5.91. The van der Waals surface area contributed by atoms with Crippen molar-refractivity contribution in [3.05, 3.63) is 54.1 Å². The van der Waals surface area contributed by atoms with Gasteiger partial charge in [0.2, 0.25) is 10.0 Å². The number of anilines is 1. The number of nitrogens with one attached hydrogen (secondary N) is 1. The van der Waals surface area contributed by atoms with Crippen molar-refractivity contribution in [2.45, 2.75) is 45.8 Å².